The Hall–Kier alpha value is -0.980. The lowest BCUT2D eigenvalue weighted by Gasteiger charge is -2.00. The van der Waals surface area contributed by atoms with Crippen LogP contribution in [0.4, 0.5) is 5.69 Å². The van der Waals surface area contributed by atoms with Crippen molar-refractivity contribution < 1.29 is 4.11 Å². The quantitative estimate of drug-likeness (QED) is 0.525. The molecule has 1 rings (SSSR count). The van der Waals surface area contributed by atoms with Crippen molar-refractivity contribution in [3.63, 3.8) is 0 Å². The molecule has 0 atom stereocenters. The molecular formula is C8H11N. The predicted molar refractivity (Wildman–Crippen MR) is 40.3 cm³/mol. The summed E-state index contributed by atoms with van der Waals surface area (Å²) in [5.74, 6) is 0. The topological polar surface area (TPSA) is 26.0 Å². The maximum Gasteiger partial charge on any atom is 0.0346 e. The van der Waals surface area contributed by atoms with E-state index >= 15 is 0 Å². The number of hydrogen-bond donors (Lipinski definition) is 1. The van der Waals surface area contributed by atoms with Gasteiger partial charge in [0, 0.05) is 9.80 Å². The van der Waals surface area contributed by atoms with Crippen molar-refractivity contribution >= 4 is 5.69 Å². The van der Waals surface area contributed by atoms with Gasteiger partial charge >= 0.3 is 0 Å². The number of rotatable bonds is 0. The van der Waals surface area contributed by atoms with Crippen LogP contribution in [0.25, 0.3) is 0 Å². The van der Waals surface area contributed by atoms with E-state index in [0.29, 0.717) is 5.69 Å². The van der Waals surface area contributed by atoms with Crippen LogP contribution in [0.15, 0.2) is 18.2 Å². The second-order valence-electron chi connectivity index (χ2n) is 2.04. The van der Waals surface area contributed by atoms with Crippen LogP contribution in [0.2, 0.25) is 0 Å². The van der Waals surface area contributed by atoms with Crippen LogP contribution in [-0.4, -0.2) is 0 Å². The van der Waals surface area contributed by atoms with E-state index in [-0.39, 0.29) is 5.56 Å². The molecule has 0 aliphatic heterocycles. The Labute approximate surface area is 59.7 Å². The summed E-state index contributed by atoms with van der Waals surface area (Å²) >= 11 is 0. The molecule has 1 aromatic rings. The number of hydrogen-bond acceptors (Lipinski definition) is 1. The molecule has 0 heterocycles. The molecule has 1 heteroatoms. The van der Waals surface area contributed by atoms with Gasteiger partial charge in [-0.2, -0.15) is 0 Å². The molecule has 0 amide bonds. The first-order valence-corrected chi connectivity index (χ1v) is 2.78. The van der Waals surface area contributed by atoms with Gasteiger partial charge in [-0.15, -0.1) is 0 Å². The van der Waals surface area contributed by atoms with Crippen LogP contribution in [0.1, 0.15) is 15.2 Å². The number of anilines is 1. The average molecular weight is 124 g/mol. The Morgan fingerprint density at radius 3 is 2.78 bits per heavy atom. The summed E-state index contributed by atoms with van der Waals surface area (Å²) in [5, 5.41) is 0. The van der Waals surface area contributed by atoms with Crippen LogP contribution < -0.4 is 5.73 Å². The minimum absolute atomic E-state index is 0.269. The molecule has 0 aromatic heterocycles. The highest BCUT2D eigenvalue weighted by Gasteiger charge is 1.92. The molecule has 0 bridgehead atoms. The normalized spacial score (nSPS) is 15.9. The smallest absolute Gasteiger partial charge is 0.0346 e. The molecule has 0 saturated heterocycles. The van der Waals surface area contributed by atoms with Gasteiger partial charge in [0.1, 0.15) is 0 Å². The van der Waals surface area contributed by atoms with Crippen molar-refractivity contribution in [3.05, 3.63) is 29.3 Å². The third kappa shape index (κ3) is 1.04. The van der Waals surface area contributed by atoms with E-state index in [9.17, 15) is 0 Å². The lowest BCUT2D eigenvalue weighted by atomic mass is 10.1. The summed E-state index contributed by atoms with van der Waals surface area (Å²) in [5.41, 5.74) is 6.88. The largest absolute Gasteiger partial charge is 0.399 e. The maximum absolute atomic E-state index is 7.21. The van der Waals surface area contributed by atoms with Crippen molar-refractivity contribution in [3.8, 4) is 0 Å². The first-order chi connectivity index (χ1) is 5.43. The Morgan fingerprint density at radius 2 is 2.33 bits per heavy atom. The first-order valence-electron chi connectivity index (χ1n) is 4.28. The summed E-state index contributed by atoms with van der Waals surface area (Å²) < 4.78 is 21.6. The zero-order valence-corrected chi connectivity index (χ0v) is 5.31. The van der Waals surface area contributed by atoms with Crippen molar-refractivity contribution in [1.82, 2.24) is 0 Å². The molecule has 0 spiro atoms. The highest BCUT2D eigenvalue weighted by molar-refractivity contribution is 5.49. The summed E-state index contributed by atoms with van der Waals surface area (Å²) in [6.45, 7) is -0.354. The van der Waals surface area contributed by atoms with Gasteiger partial charge in [0.15, 0.2) is 0 Å². The van der Waals surface area contributed by atoms with E-state index in [2.05, 4.69) is 0 Å². The van der Waals surface area contributed by atoms with Crippen LogP contribution in [0.5, 0.6) is 0 Å². The van der Waals surface area contributed by atoms with E-state index in [0.717, 1.165) is 5.56 Å². The molecule has 0 fully saturated rings. The van der Waals surface area contributed by atoms with Crippen molar-refractivity contribution in [2.24, 2.45) is 0 Å². The minimum atomic E-state index is -2.10. The standard InChI is InChI=1S/C8H11N/c1-6-4-3-5-8(9)7(6)2/h3-5H,9H2,1-2H3/i2D3. The van der Waals surface area contributed by atoms with Gasteiger partial charge in [-0.1, -0.05) is 12.1 Å². The first kappa shape index (κ1) is 3.25. The minimum Gasteiger partial charge on any atom is -0.399 e. The molecule has 0 aliphatic carbocycles. The SMILES string of the molecule is [2H]C([2H])([2H])c1c(C)cccc1N. The van der Waals surface area contributed by atoms with Gasteiger partial charge in [0.05, 0.1) is 0 Å². The molecular weight excluding hydrogens is 110 g/mol. The van der Waals surface area contributed by atoms with Gasteiger partial charge in [-0.3, -0.25) is 0 Å². The third-order valence-corrected chi connectivity index (χ3v) is 1.31. The summed E-state index contributed by atoms with van der Waals surface area (Å²) in [4.78, 5) is 0. The molecule has 1 nitrogen and oxygen atoms in total. The summed E-state index contributed by atoms with van der Waals surface area (Å²) in [7, 11) is 0. The van der Waals surface area contributed by atoms with E-state index in [1.54, 1.807) is 25.1 Å². The lowest BCUT2D eigenvalue weighted by Crippen LogP contribution is -1.90. The van der Waals surface area contributed by atoms with Crippen molar-refractivity contribution in [2.75, 3.05) is 5.73 Å². The zero-order valence-electron chi connectivity index (χ0n) is 8.31. The Kier molecular flexibility index (Phi) is 0.758. The molecule has 0 saturated carbocycles. The summed E-state index contributed by atoms with van der Waals surface area (Å²) in [6, 6.07) is 5.10. The monoisotopic (exact) mass is 124 g/mol. The zero-order chi connectivity index (χ0) is 9.35. The second kappa shape index (κ2) is 2.09. The van der Waals surface area contributed by atoms with Crippen molar-refractivity contribution in [1.29, 1.82) is 0 Å². The Morgan fingerprint density at radius 1 is 1.56 bits per heavy atom. The number of nitrogen functional groups attached to an aromatic ring is 1. The van der Waals surface area contributed by atoms with E-state index in [1.165, 1.54) is 0 Å². The summed E-state index contributed by atoms with van der Waals surface area (Å²) in [6.07, 6.45) is 0. The maximum atomic E-state index is 7.21. The van der Waals surface area contributed by atoms with Crippen LogP contribution >= 0.6 is 0 Å². The second-order valence-corrected chi connectivity index (χ2v) is 2.04. The van der Waals surface area contributed by atoms with Crippen molar-refractivity contribution in [2.45, 2.75) is 13.8 Å². The van der Waals surface area contributed by atoms with Gasteiger partial charge in [-0.25, -0.2) is 0 Å². The fraction of sp³-hybridized carbons (Fsp3) is 0.250. The van der Waals surface area contributed by atoms with Gasteiger partial charge < -0.3 is 5.73 Å². The average Bonchev–Trinajstić information content (AvgIpc) is 1.82. The highest BCUT2D eigenvalue weighted by Crippen LogP contribution is 2.13. The van der Waals surface area contributed by atoms with E-state index in [1.807, 2.05) is 0 Å². The fourth-order valence-electron chi connectivity index (χ4n) is 0.690. The molecule has 0 radical (unpaired) electrons. The third-order valence-electron chi connectivity index (χ3n) is 1.31. The van der Waals surface area contributed by atoms with Gasteiger partial charge in [0.2, 0.25) is 0 Å². The molecule has 9 heavy (non-hydrogen) atoms. The van der Waals surface area contributed by atoms with E-state index < -0.39 is 6.85 Å². The van der Waals surface area contributed by atoms with Crippen LogP contribution in [0.3, 0.4) is 0 Å². The molecule has 0 aliphatic rings. The highest BCUT2D eigenvalue weighted by atomic mass is 14.5. The number of nitrogens with two attached hydrogens (primary N) is 1. The van der Waals surface area contributed by atoms with E-state index in [4.69, 9.17) is 9.85 Å². The molecule has 0 unspecified atom stereocenters. The lowest BCUT2D eigenvalue weighted by molar-refractivity contribution is 1.35. The Bertz CT molecular complexity index is 271. The van der Waals surface area contributed by atoms with Gasteiger partial charge in [-0.05, 0) is 31.0 Å². The number of aryl methyl sites for hydroxylation is 1. The van der Waals surface area contributed by atoms with Gasteiger partial charge in [0.25, 0.3) is 0 Å². The predicted octanol–water partition coefficient (Wildman–Crippen LogP) is 1.89. The molecule has 1 aromatic carbocycles. The molecule has 48 valence electrons. The number of benzene rings is 1. The Balaban J connectivity index is 3.31. The van der Waals surface area contributed by atoms with Crippen LogP contribution in [-0.2, 0) is 0 Å². The fourth-order valence-corrected chi connectivity index (χ4v) is 0.690. The molecule has 2 N–H and O–H groups in total. The van der Waals surface area contributed by atoms with Crippen LogP contribution in [0, 0.1) is 13.8 Å².